The Kier molecular flexibility index (Phi) is 4.56. The molecule has 1 heterocycles. The zero-order valence-corrected chi connectivity index (χ0v) is 9.75. The van der Waals surface area contributed by atoms with Gasteiger partial charge in [0, 0.05) is 12.0 Å². The highest BCUT2D eigenvalue weighted by Gasteiger charge is 2.20. The van der Waals surface area contributed by atoms with Crippen LogP contribution in [0.5, 0.6) is 0 Å². The molecule has 8 heteroatoms. The Labute approximate surface area is 97.7 Å². The third-order valence-electron chi connectivity index (χ3n) is 2.05. The van der Waals surface area contributed by atoms with Gasteiger partial charge < -0.3 is 14.9 Å². The van der Waals surface area contributed by atoms with Crippen molar-refractivity contribution < 1.29 is 14.5 Å². The van der Waals surface area contributed by atoms with Gasteiger partial charge in [-0.25, -0.2) is 4.79 Å². The van der Waals surface area contributed by atoms with Gasteiger partial charge >= 0.3 is 11.9 Å². The first-order valence-corrected chi connectivity index (χ1v) is 5.26. The Hall–Kier alpha value is -1.99. The van der Waals surface area contributed by atoms with Crippen LogP contribution in [0, 0.1) is 17.0 Å². The van der Waals surface area contributed by atoms with E-state index in [0.717, 1.165) is 17.5 Å². The average Bonchev–Trinajstić information content (AvgIpc) is 2.61. The second kappa shape index (κ2) is 5.92. The van der Waals surface area contributed by atoms with Gasteiger partial charge in [-0.15, -0.1) is 0 Å². The van der Waals surface area contributed by atoms with Crippen LogP contribution >= 0.6 is 0 Å². The Morgan fingerprint density at radius 2 is 2.29 bits per heavy atom. The molecular weight excluding hydrogens is 228 g/mol. The predicted octanol–water partition coefficient (Wildman–Crippen LogP) is 0.838. The summed E-state index contributed by atoms with van der Waals surface area (Å²) in [5.41, 5.74) is 0. The molecule has 0 saturated heterocycles. The molecule has 1 rings (SSSR count). The fraction of sp³-hybridized carbons (Fsp3) is 0.667. The number of rotatable bonds is 6. The monoisotopic (exact) mass is 242 g/mol. The fourth-order valence-corrected chi connectivity index (χ4v) is 1.13. The quantitative estimate of drug-likeness (QED) is 0.317. The van der Waals surface area contributed by atoms with Crippen molar-refractivity contribution in [2.45, 2.75) is 33.2 Å². The smallest absolute Gasteiger partial charge is 0.464 e. The topological polar surface area (TPSA) is 100 Å². The number of aromatic nitrogens is 3. The van der Waals surface area contributed by atoms with E-state index in [1.807, 2.05) is 6.92 Å². The Bertz CT molecular complexity index is 415. The molecule has 0 radical (unpaired) electrons. The van der Waals surface area contributed by atoms with Crippen molar-refractivity contribution in [1.82, 2.24) is 14.8 Å². The van der Waals surface area contributed by atoms with Gasteiger partial charge in [-0.2, -0.15) is 4.68 Å². The van der Waals surface area contributed by atoms with Crippen molar-refractivity contribution in [3.63, 3.8) is 0 Å². The van der Waals surface area contributed by atoms with Crippen LogP contribution in [0.4, 0.5) is 5.95 Å². The van der Waals surface area contributed by atoms with Crippen molar-refractivity contribution in [2.75, 3.05) is 6.61 Å². The summed E-state index contributed by atoms with van der Waals surface area (Å²) in [5.74, 6) is -0.672. The summed E-state index contributed by atoms with van der Waals surface area (Å²) in [4.78, 5) is 24.7. The molecule has 0 atom stereocenters. The molecule has 0 aromatic carbocycles. The van der Waals surface area contributed by atoms with E-state index in [1.54, 1.807) is 6.92 Å². The number of unbranched alkanes of at least 4 members (excludes halogenated alkanes) is 1. The van der Waals surface area contributed by atoms with Crippen LogP contribution < -0.4 is 0 Å². The van der Waals surface area contributed by atoms with E-state index in [2.05, 4.69) is 10.1 Å². The van der Waals surface area contributed by atoms with Gasteiger partial charge in [0.2, 0.25) is 5.82 Å². The zero-order chi connectivity index (χ0) is 12.8. The molecule has 0 amide bonds. The number of carbonyl (C=O) groups is 1. The Morgan fingerprint density at radius 3 is 2.82 bits per heavy atom. The van der Waals surface area contributed by atoms with Crippen LogP contribution in [-0.2, 0) is 16.1 Å². The van der Waals surface area contributed by atoms with Gasteiger partial charge in [-0.3, -0.25) is 0 Å². The van der Waals surface area contributed by atoms with Crippen molar-refractivity contribution in [1.29, 1.82) is 0 Å². The lowest BCUT2D eigenvalue weighted by Gasteiger charge is -2.02. The Morgan fingerprint density at radius 1 is 1.59 bits per heavy atom. The third-order valence-corrected chi connectivity index (χ3v) is 2.05. The van der Waals surface area contributed by atoms with Crippen LogP contribution in [0.1, 0.15) is 25.6 Å². The largest absolute Gasteiger partial charge is 0.491 e. The number of aryl methyl sites for hydroxylation is 1. The van der Waals surface area contributed by atoms with Gasteiger partial charge in [-0.05, 0) is 16.3 Å². The molecule has 0 fully saturated rings. The first-order chi connectivity index (χ1) is 8.04. The second-order valence-electron chi connectivity index (χ2n) is 3.45. The van der Waals surface area contributed by atoms with Crippen molar-refractivity contribution in [2.24, 2.45) is 0 Å². The Balaban J connectivity index is 2.56. The summed E-state index contributed by atoms with van der Waals surface area (Å²) in [5, 5.41) is 14.0. The maximum absolute atomic E-state index is 11.3. The molecule has 1 aromatic rings. The predicted molar refractivity (Wildman–Crippen MR) is 57.3 cm³/mol. The molecule has 8 nitrogen and oxygen atoms in total. The molecule has 0 unspecified atom stereocenters. The van der Waals surface area contributed by atoms with E-state index in [9.17, 15) is 14.9 Å². The van der Waals surface area contributed by atoms with Gasteiger partial charge in [0.15, 0.2) is 6.54 Å². The van der Waals surface area contributed by atoms with E-state index in [-0.39, 0.29) is 6.54 Å². The fourth-order valence-electron chi connectivity index (χ4n) is 1.13. The molecule has 0 aliphatic rings. The SMILES string of the molecule is CCCCOC(=O)Cn1nc([N+](=O)[O-])nc1C. The summed E-state index contributed by atoms with van der Waals surface area (Å²) in [7, 11) is 0. The molecule has 0 bridgehead atoms. The van der Waals surface area contributed by atoms with Crippen LogP contribution in [-0.4, -0.2) is 32.3 Å². The minimum atomic E-state index is -0.702. The number of hydrogen-bond acceptors (Lipinski definition) is 6. The normalized spacial score (nSPS) is 10.2. The van der Waals surface area contributed by atoms with Crippen molar-refractivity contribution in [3.05, 3.63) is 15.9 Å². The standard InChI is InChI=1S/C9H14N4O4/c1-3-4-5-17-8(14)6-12-7(2)10-9(11-12)13(15)16/h3-6H2,1-2H3. The summed E-state index contributed by atoms with van der Waals surface area (Å²) < 4.78 is 6.07. The van der Waals surface area contributed by atoms with E-state index >= 15 is 0 Å². The minimum absolute atomic E-state index is 0.156. The molecule has 0 spiro atoms. The summed E-state index contributed by atoms with van der Waals surface area (Å²) in [6, 6.07) is 0. The van der Waals surface area contributed by atoms with Crippen LogP contribution in [0.15, 0.2) is 0 Å². The van der Waals surface area contributed by atoms with Crippen LogP contribution in [0.3, 0.4) is 0 Å². The number of hydrogen-bond donors (Lipinski definition) is 0. The molecule has 0 saturated carbocycles. The minimum Gasteiger partial charge on any atom is -0.464 e. The number of nitro groups is 1. The maximum atomic E-state index is 11.3. The third kappa shape index (κ3) is 3.82. The maximum Gasteiger partial charge on any atom is 0.491 e. The second-order valence-corrected chi connectivity index (χ2v) is 3.45. The highest BCUT2D eigenvalue weighted by Crippen LogP contribution is 2.05. The van der Waals surface area contributed by atoms with Gasteiger partial charge in [0.1, 0.15) is 0 Å². The number of nitrogens with zero attached hydrogens (tertiary/aromatic N) is 4. The van der Waals surface area contributed by atoms with Crippen LogP contribution in [0.2, 0.25) is 0 Å². The van der Waals surface area contributed by atoms with Gasteiger partial charge in [0.05, 0.1) is 6.61 Å². The first kappa shape index (κ1) is 13.1. The van der Waals surface area contributed by atoms with E-state index in [4.69, 9.17) is 4.74 Å². The molecule has 0 aliphatic heterocycles. The summed E-state index contributed by atoms with van der Waals surface area (Å²) >= 11 is 0. The highest BCUT2D eigenvalue weighted by atomic mass is 16.6. The number of carbonyl (C=O) groups excluding carboxylic acids is 1. The molecule has 1 aromatic heterocycles. The summed E-state index contributed by atoms with van der Waals surface area (Å²) in [6.45, 7) is 3.72. The molecule has 0 aliphatic carbocycles. The van der Waals surface area contributed by atoms with Gasteiger partial charge in [0.25, 0.3) is 0 Å². The summed E-state index contributed by atoms with van der Waals surface area (Å²) in [6.07, 6.45) is 1.73. The van der Waals surface area contributed by atoms with Crippen LogP contribution in [0.25, 0.3) is 0 Å². The highest BCUT2D eigenvalue weighted by molar-refractivity contribution is 5.69. The van der Waals surface area contributed by atoms with E-state index < -0.39 is 16.8 Å². The molecule has 17 heavy (non-hydrogen) atoms. The van der Waals surface area contributed by atoms with Crippen molar-refractivity contribution >= 4 is 11.9 Å². The van der Waals surface area contributed by atoms with Crippen molar-refractivity contribution in [3.8, 4) is 0 Å². The van der Waals surface area contributed by atoms with Gasteiger partial charge in [-0.1, -0.05) is 13.3 Å². The van der Waals surface area contributed by atoms with E-state index in [0.29, 0.717) is 12.4 Å². The lowest BCUT2D eigenvalue weighted by molar-refractivity contribution is -0.394. The lowest BCUT2D eigenvalue weighted by Crippen LogP contribution is -2.16. The lowest BCUT2D eigenvalue weighted by atomic mass is 10.4. The van der Waals surface area contributed by atoms with E-state index in [1.165, 1.54) is 0 Å². The average molecular weight is 242 g/mol. The zero-order valence-electron chi connectivity index (χ0n) is 9.75. The molecule has 0 N–H and O–H groups in total. The first-order valence-electron chi connectivity index (χ1n) is 5.26. The molecule has 94 valence electrons. The number of esters is 1. The molecular formula is C9H14N4O4. The number of ether oxygens (including phenoxy) is 1.